The molecule has 2 heterocycles. The van der Waals surface area contributed by atoms with Gasteiger partial charge in [-0.3, -0.25) is 9.69 Å². The topological polar surface area (TPSA) is 58.4 Å². The normalized spacial score (nSPS) is 25.8. The summed E-state index contributed by atoms with van der Waals surface area (Å²) in [6, 6.07) is 6.19. The van der Waals surface area contributed by atoms with Gasteiger partial charge in [-0.05, 0) is 44.9 Å². The predicted octanol–water partition coefficient (Wildman–Crippen LogP) is 3.30. The second kappa shape index (κ2) is 6.13. The summed E-state index contributed by atoms with van der Waals surface area (Å²) in [7, 11) is 2.01. The first-order valence-corrected chi connectivity index (χ1v) is 8.34. The number of benzene rings is 1. The molecule has 2 unspecified atom stereocenters. The van der Waals surface area contributed by atoms with Crippen LogP contribution in [0, 0.1) is 5.92 Å². The molecule has 0 saturated carbocycles. The summed E-state index contributed by atoms with van der Waals surface area (Å²) in [4.78, 5) is 18.3. The maximum Gasteiger partial charge on any atom is 0.306 e. The molecule has 0 aliphatic carbocycles. The third kappa shape index (κ3) is 3.08. The highest BCUT2D eigenvalue weighted by Gasteiger charge is 2.34. The summed E-state index contributed by atoms with van der Waals surface area (Å²) >= 11 is 6.05. The summed E-state index contributed by atoms with van der Waals surface area (Å²) in [6.07, 6.45) is 1.38. The van der Waals surface area contributed by atoms with E-state index in [4.69, 9.17) is 16.6 Å². The van der Waals surface area contributed by atoms with Crippen LogP contribution in [0.25, 0.3) is 11.0 Å². The molecular weight excluding hydrogens is 314 g/mol. The first kappa shape index (κ1) is 16.3. The molecule has 6 heteroatoms. The molecule has 5 nitrogen and oxygen atoms in total. The van der Waals surface area contributed by atoms with Crippen molar-refractivity contribution in [2.24, 2.45) is 13.0 Å². The number of imidazole rings is 1. The maximum absolute atomic E-state index is 11.3. The number of likely N-dealkylation sites (tertiary alicyclic amines) is 1. The Hall–Kier alpha value is -1.59. The van der Waals surface area contributed by atoms with Gasteiger partial charge < -0.3 is 9.67 Å². The number of hydrogen-bond donors (Lipinski definition) is 1. The first-order chi connectivity index (χ1) is 10.9. The van der Waals surface area contributed by atoms with Crippen molar-refractivity contribution in [3.05, 3.63) is 29.0 Å². The van der Waals surface area contributed by atoms with Crippen LogP contribution >= 0.6 is 11.6 Å². The molecule has 124 valence electrons. The standard InChI is InChI=1S/C17H22ClN3O2/c1-10-6-12(17(22)23)7-11(2)21(10)9-16-19-14-8-13(18)4-5-15(14)20(16)3/h4-5,8,10-12H,6-7,9H2,1-3H3,(H,22,23). The fourth-order valence-corrected chi connectivity index (χ4v) is 3.83. The Bertz CT molecular complexity index is 731. The van der Waals surface area contributed by atoms with E-state index in [0.717, 1.165) is 23.4 Å². The zero-order valence-corrected chi connectivity index (χ0v) is 14.4. The number of rotatable bonds is 3. The van der Waals surface area contributed by atoms with E-state index in [-0.39, 0.29) is 18.0 Å². The molecule has 0 bridgehead atoms. The fourth-order valence-electron chi connectivity index (χ4n) is 3.67. The highest BCUT2D eigenvalue weighted by atomic mass is 35.5. The van der Waals surface area contributed by atoms with Gasteiger partial charge in [0.15, 0.2) is 0 Å². The third-order valence-electron chi connectivity index (χ3n) is 4.99. The molecule has 3 rings (SSSR count). The van der Waals surface area contributed by atoms with Gasteiger partial charge in [-0.2, -0.15) is 0 Å². The van der Waals surface area contributed by atoms with Crippen molar-refractivity contribution in [1.29, 1.82) is 0 Å². The quantitative estimate of drug-likeness (QED) is 0.935. The van der Waals surface area contributed by atoms with E-state index >= 15 is 0 Å². The minimum absolute atomic E-state index is 0.225. The largest absolute Gasteiger partial charge is 0.481 e. The van der Waals surface area contributed by atoms with E-state index in [0.29, 0.717) is 17.9 Å². The lowest BCUT2D eigenvalue weighted by Crippen LogP contribution is -2.47. The van der Waals surface area contributed by atoms with E-state index in [1.807, 2.05) is 25.2 Å². The second-order valence-electron chi connectivity index (χ2n) is 6.60. The Morgan fingerprint density at radius 1 is 1.35 bits per heavy atom. The molecule has 0 amide bonds. The van der Waals surface area contributed by atoms with Crippen LogP contribution in [0.2, 0.25) is 5.02 Å². The van der Waals surface area contributed by atoms with Crippen molar-refractivity contribution < 1.29 is 9.90 Å². The minimum atomic E-state index is -0.680. The smallest absolute Gasteiger partial charge is 0.306 e. The highest BCUT2D eigenvalue weighted by Crippen LogP contribution is 2.30. The number of carboxylic acid groups (broad SMARTS) is 1. The number of fused-ring (bicyclic) bond motifs is 1. The molecule has 1 fully saturated rings. The number of carboxylic acids is 1. The van der Waals surface area contributed by atoms with Crippen LogP contribution in [0.4, 0.5) is 0 Å². The summed E-state index contributed by atoms with van der Waals surface area (Å²) < 4.78 is 2.09. The Labute approximate surface area is 140 Å². The Morgan fingerprint density at radius 3 is 2.61 bits per heavy atom. The molecule has 1 aromatic carbocycles. The lowest BCUT2D eigenvalue weighted by molar-refractivity contribution is -0.145. The molecule has 23 heavy (non-hydrogen) atoms. The summed E-state index contributed by atoms with van der Waals surface area (Å²) in [5, 5.41) is 9.95. The van der Waals surface area contributed by atoms with Gasteiger partial charge in [-0.15, -0.1) is 0 Å². The predicted molar refractivity (Wildman–Crippen MR) is 90.6 cm³/mol. The van der Waals surface area contributed by atoms with Crippen molar-refractivity contribution >= 4 is 28.6 Å². The average molecular weight is 336 g/mol. The Morgan fingerprint density at radius 2 is 2.00 bits per heavy atom. The van der Waals surface area contributed by atoms with Gasteiger partial charge in [0.2, 0.25) is 0 Å². The number of halogens is 1. The second-order valence-corrected chi connectivity index (χ2v) is 7.03. The fraction of sp³-hybridized carbons (Fsp3) is 0.529. The van der Waals surface area contributed by atoms with Gasteiger partial charge >= 0.3 is 5.97 Å². The molecule has 1 saturated heterocycles. The summed E-state index contributed by atoms with van der Waals surface area (Å²) in [5.41, 5.74) is 1.96. The van der Waals surface area contributed by atoms with Crippen molar-refractivity contribution in [2.75, 3.05) is 0 Å². The van der Waals surface area contributed by atoms with Crippen LogP contribution in [0.5, 0.6) is 0 Å². The number of nitrogens with zero attached hydrogens (tertiary/aromatic N) is 3. The molecule has 1 N–H and O–H groups in total. The van der Waals surface area contributed by atoms with E-state index in [1.165, 1.54) is 0 Å². The van der Waals surface area contributed by atoms with Gasteiger partial charge in [0.25, 0.3) is 0 Å². The van der Waals surface area contributed by atoms with Crippen LogP contribution < -0.4 is 0 Å². The van der Waals surface area contributed by atoms with E-state index < -0.39 is 5.97 Å². The minimum Gasteiger partial charge on any atom is -0.481 e. The Kier molecular flexibility index (Phi) is 4.34. The number of carbonyl (C=O) groups is 1. The van der Waals surface area contributed by atoms with Gasteiger partial charge in [0.05, 0.1) is 23.5 Å². The van der Waals surface area contributed by atoms with Crippen LogP contribution in [0.1, 0.15) is 32.5 Å². The third-order valence-corrected chi connectivity index (χ3v) is 5.23. The number of aromatic nitrogens is 2. The molecule has 0 spiro atoms. The number of aliphatic carboxylic acids is 1. The number of aryl methyl sites for hydroxylation is 1. The van der Waals surface area contributed by atoms with Gasteiger partial charge in [-0.1, -0.05) is 11.6 Å². The Balaban J connectivity index is 1.84. The van der Waals surface area contributed by atoms with Crippen LogP contribution in [-0.4, -0.2) is 37.6 Å². The van der Waals surface area contributed by atoms with Crippen molar-refractivity contribution in [3.63, 3.8) is 0 Å². The monoisotopic (exact) mass is 335 g/mol. The lowest BCUT2D eigenvalue weighted by atomic mass is 9.87. The molecule has 1 aliphatic heterocycles. The number of hydrogen-bond acceptors (Lipinski definition) is 3. The molecule has 1 aromatic heterocycles. The van der Waals surface area contributed by atoms with Crippen LogP contribution in [-0.2, 0) is 18.4 Å². The summed E-state index contributed by atoms with van der Waals surface area (Å²) in [6.45, 7) is 4.92. The first-order valence-electron chi connectivity index (χ1n) is 7.96. The lowest BCUT2D eigenvalue weighted by Gasteiger charge is -2.41. The van der Waals surface area contributed by atoms with Crippen LogP contribution in [0.3, 0.4) is 0 Å². The number of piperidine rings is 1. The maximum atomic E-state index is 11.3. The van der Waals surface area contributed by atoms with Crippen LogP contribution in [0.15, 0.2) is 18.2 Å². The van der Waals surface area contributed by atoms with Gasteiger partial charge in [-0.25, -0.2) is 4.98 Å². The molecule has 0 radical (unpaired) electrons. The molecule has 2 aromatic rings. The van der Waals surface area contributed by atoms with Crippen molar-refractivity contribution in [3.8, 4) is 0 Å². The average Bonchev–Trinajstić information content (AvgIpc) is 2.78. The zero-order chi connectivity index (χ0) is 16.7. The molecule has 1 aliphatic rings. The van der Waals surface area contributed by atoms with E-state index in [1.54, 1.807) is 0 Å². The molecule has 2 atom stereocenters. The van der Waals surface area contributed by atoms with Crippen molar-refractivity contribution in [2.45, 2.75) is 45.3 Å². The van der Waals surface area contributed by atoms with E-state index in [2.05, 4.69) is 23.3 Å². The summed E-state index contributed by atoms with van der Waals surface area (Å²) in [5.74, 6) is 0.0611. The van der Waals surface area contributed by atoms with Crippen molar-refractivity contribution in [1.82, 2.24) is 14.5 Å². The van der Waals surface area contributed by atoms with Gasteiger partial charge in [0, 0.05) is 24.2 Å². The van der Waals surface area contributed by atoms with E-state index in [9.17, 15) is 9.90 Å². The van der Waals surface area contributed by atoms with Gasteiger partial charge in [0.1, 0.15) is 5.82 Å². The zero-order valence-electron chi connectivity index (χ0n) is 13.7. The SMILES string of the molecule is CC1CC(C(=O)O)CC(C)N1Cc1nc2cc(Cl)ccc2n1C. The highest BCUT2D eigenvalue weighted by molar-refractivity contribution is 6.31. The molecular formula is C17H22ClN3O2.